The number of anilines is 4. The van der Waals surface area contributed by atoms with Crippen molar-refractivity contribution in [1.29, 1.82) is 0 Å². The maximum absolute atomic E-state index is 13.6. The molecular weight excluding hydrogens is 486 g/mol. The van der Waals surface area contributed by atoms with Crippen molar-refractivity contribution in [1.82, 2.24) is 15.3 Å². The molecule has 0 radical (unpaired) electrons. The number of benzene rings is 2. The number of amides is 1. The number of para-hydroxylation sites is 1. The van der Waals surface area contributed by atoms with E-state index in [4.69, 9.17) is 0 Å². The molecule has 0 aliphatic rings. The molecule has 0 saturated carbocycles. The summed E-state index contributed by atoms with van der Waals surface area (Å²) in [7, 11) is -3.03. The quantitative estimate of drug-likeness (QED) is 0.288. The molecule has 186 valence electrons. The molecule has 5 N–H and O–H groups in total. The highest BCUT2D eigenvalue weighted by molar-refractivity contribution is 7.53. The molecule has 0 saturated heterocycles. The van der Waals surface area contributed by atoms with Crippen LogP contribution in [0.1, 0.15) is 35.3 Å². The van der Waals surface area contributed by atoms with Crippen molar-refractivity contribution in [2.75, 3.05) is 17.7 Å². The van der Waals surface area contributed by atoms with Crippen LogP contribution in [0.5, 0.6) is 0 Å². The van der Waals surface area contributed by atoms with Crippen LogP contribution < -0.4 is 16.0 Å². The van der Waals surface area contributed by atoms with Gasteiger partial charge in [0.1, 0.15) is 11.4 Å². The van der Waals surface area contributed by atoms with Gasteiger partial charge in [-0.15, -0.1) is 0 Å². The Labute approximate surface area is 199 Å². The fraction of sp³-hybridized carbons (Fsp3) is 0.227. The van der Waals surface area contributed by atoms with Gasteiger partial charge in [0.15, 0.2) is 0 Å². The highest BCUT2D eigenvalue weighted by Crippen LogP contribution is 2.56. The van der Waals surface area contributed by atoms with E-state index in [0.717, 1.165) is 0 Å². The molecule has 1 amide bonds. The molecule has 13 heteroatoms. The Hall–Kier alpha value is -3.47. The zero-order valence-electron chi connectivity index (χ0n) is 18.9. The first-order valence-corrected chi connectivity index (χ1v) is 11.8. The van der Waals surface area contributed by atoms with Gasteiger partial charge in [0, 0.05) is 18.9 Å². The summed E-state index contributed by atoms with van der Waals surface area (Å²) in [5, 5.41) is 6.35. The van der Waals surface area contributed by atoms with Crippen LogP contribution in [-0.4, -0.2) is 32.7 Å². The third kappa shape index (κ3) is 5.79. The SMILES string of the molecule is CNC(=O)c1ccccc1Nc1nc(Nc2ccc(C(C)(C)P(=O)(O)O)cc2)ncc1C(F)(F)F. The first kappa shape index (κ1) is 26.1. The number of hydrogen-bond donors (Lipinski definition) is 5. The van der Waals surface area contributed by atoms with Crippen LogP contribution in [0, 0.1) is 0 Å². The molecule has 1 aromatic heterocycles. The van der Waals surface area contributed by atoms with Crippen molar-refractivity contribution in [2.45, 2.75) is 25.2 Å². The van der Waals surface area contributed by atoms with Crippen molar-refractivity contribution in [3.63, 3.8) is 0 Å². The number of carbonyl (C=O) groups excluding carboxylic acids is 1. The van der Waals surface area contributed by atoms with Gasteiger partial charge in [0.25, 0.3) is 5.91 Å². The van der Waals surface area contributed by atoms with Crippen LogP contribution in [0.3, 0.4) is 0 Å². The van der Waals surface area contributed by atoms with Crippen molar-refractivity contribution >= 4 is 36.6 Å². The zero-order chi connectivity index (χ0) is 26.0. The fourth-order valence-corrected chi connectivity index (χ4v) is 3.54. The molecule has 3 aromatic rings. The number of halogens is 3. The topological polar surface area (TPSA) is 136 Å². The normalized spacial score (nSPS) is 12.2. The largest absolute Gasteiger partial charge is 0.421 e. The molecule has 9 nitrogen and oxygen atoms in total. The Morgan fingerprint density at radius 3 is 2.20 bits per heavy atom. The average molecular weight is 509 g/mol. The minimum atomic E-state index is -4.77. The molecular formula is C22H23F3N5O4P. The molecule has 0 fully saturated rings. The number of alkyl halides is 3. The lowest BCUT2D eigenvalue weighted by molar-refractivity contribution is -0.137. The van der Waals surface area contributed by atoms with Crippen molar-refractivity contribution < 1.29 is 32.3 Å². The Morgan fingerprint density at radius 2 is 1.63 bits per heavy atom. The van der Waals surface area contributed by atoms with E-state index >= 15 is 0 Å². The van der Waals surface area contributed by atoms with E-state index in [1.807, 2.05) is 0 Å². The van der Waals surface area contributed by atoms with E-state index in [0.29, 0.717) is 17.4 Å². The maximum atomic E-state index is 13.6. The first-order valence-electron chi connectivity index (χ1n) is 10.2. The number of hydrogen-bond acceptors (Lipinski definition) is 6. The minimum Gasteiger partial charge on any atom is -0.355 e. The van der Waals surface area contributed by atoms with E-state index in [1.54, 1.807) is 12.1 Å². The third-order valence-corrected chi connectivity index (χ3v) is 7.04. The van der Waals surface area contributed by atoms with Gasteiger partial charge in [-0.2, -0.15) is 18.2 Å². The zero-order valence-corrected chi connectivity index (χ0v) is 19.8. The minimum absolute atomic E-state index is 0.117. The predicted octanol–water partition coefficient (Wildman–Crippen LogP) is 4.76. The van der Waals surface area contributed by atoms with Gasteiger partial charge < -0.3 is 25.7 Å². The van der Waals surface area contributed by atoms with Gasteiger partial charge in [-0.05, 0) is 43.7 Å². The van der Waals surface area contributed by atoms with Crippen LogP contribution in [-0.2, 0) is 15.9 Å². The number of aromatic nitrogens is 2. The second-order valence-corrected chi connectivity index (χ2v) is 10.2. The molecule has 0 spiro atoms. The van der Waals surface area contributed by atoms with Crippen LogP contribution in [0.4, 0.5) is 36.3 Å². The van der Waals surface area contributed by atoms with Gasteiger partial charge in [-0.3, -0.25) is 9.36 Å². The Bertz CT molecular complexity index is 1280. The maximum Gasteiger partial charge on any atom is 0.421 e. The summed E-state index contributed by atoms with van der Waals surface area (Å²) in [5.41, 5.74) is -0.136. The first-order chi connectivity index (χ1) is 16.2. The summed E-state index contributed by atoms with van der Waals surface area (Å²) < 4.78 is 52.6. The molecule has 0 bridgehead atoms. The van der Waals surface area contributed by atoms with Crippen molar-refractivity contribution in [2.24, 2.45) is 0 Å². The fourth-order valence-electron chi connectivity index (χ4n) is 3.06. The highest BCUT2D eigenvalue weighted by Gasteiger charge is 2.39. The van der Waals surface area contributed by atoms with Crippen molar-refractivity contribution in [3.8, 4) is 0 Å². The lowest BCUT2D eigenvalue weighted by Gasteiger charge is -2.26. The van der Waals surface area contributed by atoms with E-state index < -0.39 is 36.2 Å². The molecule has 2 aromatic carbocycles. The number of carbonyl (C=O) groups is 1. The standard InChI is InChI=1S/C22H23F3N5O4P/c1-21(2,35(32,33)34)13-8-10-14(11-9-13)28-20-27-12-16(22(23,24)25)18(30-20)29-17-7-5-4-6-15(17)19(31)26-3/h4-12H,1-3H3,(H,26,31)(H2,32,33,34)(H2,27,28,29,30). The number of rotatable bonds is 7. The van der Waals surface area contributed by atoms with Gasteiger partial charge in [-0.25, -0.2) is 4.98 Å². The Kier molecular flexibility index (Phi) is 7.21. The summed E-state index contributed by atoms with van der Waals surface area (Å²) in [6.07, 6.45) is -4.15. The molecule has 0 aliphatic carbocycles. The summed E-state index contributed by atoms with van der Waals surface area (Å²) in [4.78, 5) is 38.9. The van der Waals surface area contributed by atoms with Crippen LogP contribution in [0.2, 0.25) is 0 Å². The summed E-state index contributed by atoms with van der Waals surface area (Å²) in [6.45, 7) is 2.81. The molecule has 0 aliphatic heterocycles. The average Bonchev–Trinajstić information content (AvgIpc) is 2.78. The Balaban J connectivity index is 1.95. The van der Waals surface area contributed by atoms with E-state index in [-0.39, 0.29) is 17.2 Å². The molecule has 1 heterocycles. The smallest absolute Gasteiger partial charge is 0.355 e. The molecule has 0 atom stereocenters. The van der Waals surface area contributed by atoms with Crippen LogP contribution in [0.15, 0.2) is 54.7 Å². The second-order valence-electron chi connectivity index (χ2n) is 8.01. The summed E-state index contributed by atoms with van der Waals surface area (Å²) in [5.74, 6) is -1.22. The van der Waals surface area contributed by atoms with Gasteiger partial charge in [0.2, 0.25) is 5.95 Å². The lowest BCUT2D eigenvalue weighted by Crippen LogP contribution is -2.20. The predicted molar refractivity (Wildman–Crippen MR) is 125 cm³/mol. The van der Waals surface area contributed by atoms with Gasteiger partial charge >= 0.3 is 13.8 Å². The van der Waals surface area contributed by atoms with E-state index in [1.165, 1.54) is 57.3 Å². The van der Waals surface area contributed by atoms with E-state index in [9.17, 15) is 32.3 Å². The summed E-state index contributed by atoms with van der Waals surface area (Å²) in [6, 6.07) is 12.0. The summed E-state index contributed by atoms with van der Waals surface area (Å²) >= 11 is 0. The van der Waals surface area contributed by atoms with Crippen LogP contribution >= 0.6 is 7.60 Å². The highest BCUT2D eigenvalue weighted by atomic mass is 31.2. The number of nitrogens with zero attached hydrogens (tertiary/aromatic N) is 2. The monoisotopic (exact) mass is 509 g/mol. The van der Waals surface area contributed by atoms with E-state index in [2.05, 4.69) is 25.9 Å². The van der Waals surface area contributed by atoms with Gasteiger partial charge in [0.05, 0.1) is 16.4 Å². The Morgan fingerprint density at radius 1 is 1.00 bits per heavy atom. The molecule has 3 rings (SSSR count). The lowest BCUT2D eigenvalue weighted by atomic mass is 10.0. The van der Waals surface area contributed by atoms with Gasteiger partial charge in [-0.1, -0.05) is 24.3 Å². The van der Waals surface area contributed by atoms with Crippen molar-refractivity contribution in [3.05, 3.63) is 71.4 Å². The second kappa shape index (κ2) is 9.65. The number of nitrogens with one attached hydrogen (secondary N) is 3. The molecule has 35 heavy (non-hydrogen) atoms. The third-order valence-electron chi connectivity index (χ3n) is 5.32. The molecule has 0 unspecified atom stereocenters. The van der Waals surface area contributed by atoms with Crippen LogP contribution in [0.25, 0.3) is 0 Å².